The molecule has 0 radical (unpaired) electrons. The number of benzene rings is 3. The zero-order valence-electron chi connectivity index (χ0n) is 16.1. The zero-order chi connectivity index (χ0) is 21.6. The number of carbonyl (C=O) groups excluding carboxylic acids is 1. The SMILES string of the molecule is Cc1ccccc1NC(=O)/C(C#N)=C/c1ccc(OS(=O)(=O)c2ccccc2)cc1. The molecule has 6 nitrogen and oxygen atoms in total. The first kappa shape index (κ1) is 20.8. The molecule has 0 aliphatic carbocycles. The zero-order valence-corrected chi connectivity index (χ0v) is 16.9. The fourth-order valence-corrected chi connectivity index (χ4v) is 3.55. The van der Waals surface area contributed by atoms with Crippen LogP contribution in [0.2, 0.25) is 0 Å². The lowest BCUT2D eigenvalue weighted by atomic mass is 10.1. The number of nitrogens with zero attached hydrogens (tertiary/aromatic N) is 1. The number of anilines is 1. The van der Waals surface area contributed by atoms with Crippen molar-refractivity contribution < 1.29 is 17.4 Å². The van der Waals surface area contributed by atoms with Gasteiger partial charge in [0.25, 0.3) is 5.91 Å². The molecular weight excluding hydrogens is 400 g/mol. The molecule has 0 saturated heterocycles. The van der Waals surface area contributed by atoms with Crippen molar-refractivity contribution >= 4 is 27.8 Å². The normalized spacial score (nSPS) is 11.4. The quantitative estimate of drug-likeness (QED) is 0.366. The van der Waals surface area contributed by atoms with Gasteiger partial charge in [0.15, 0.2) is 0 Å². The van der Waals surface area contributed by atoms with Gasteiger partial charge in [-0.3, -0.25) is 4.79 Å². The van der Waals surface area contributed by atoms with Crippen LogP contribution in [0.3, 0.4) is 0 Å². The summed E-state index contributed by atoms with van der Waals surface area (Å²) in [6.07, 6.45) is 1.42. The molecule has 0 aliphatic rings. The summed E-state index contributed by atoms with van der Waals surface area (Å²) >= 11 is 0. The molecule has 0 saturated carbocycles. The fourth-order valence-electron chi connectivity index (χ4n) is 2.60. The Labute approximate surface area is 175 Å². The maximum absolute atomic E-state index is 12.4. The number of nitrogens with one attached hydrogen (secondary N) is 1. The van der Waals surface area contributed by atoms with Crippen molar-refractivity contribution in [3.05, 3.63) is 95.6 Å². The van der Waals surface area contributed by atoms with E-state index in [1.807, 2.05) is 25.1 Å². The van der Waals surface area contributed by atoms with E-state index in [-0.39, 0.29) is 16.2 Å². The second kappa shape index (κ2) is 9.07. The van der Waals surface area contributed by atoms with Gasteiger partial charge in [-0.2, -0.15) is 13.7 Å². The summed E-state index contributed by atoms with van der Waals surface area (Å²) in [5.41, 5.74) is 1.97. The summed E-state index contributed by atoms with van der Waals surface area (Å²) in [6.45, 7) is 1.85. The van der Waals surface area contributed by atoms with Gasteiger partial charge in [0.2, 0.25) is 0 Å². The van der Waals surface area contributed by atoms with Crippen molar-refractivity contribution in [3.8, 4) is 11.8 Å². The maximum atomic E-state index is 12.4. The van der Waals surface area contributed by atoms with Gasteiger partial charge in [0.05, 0.1) is 0 Å². The predicted octanol–water partition coefficient (Wildman–Crippen LogP) is 4.31. The number of hydrogen-bond acceptors (Lipinski definition) is 5. The number of amides is 1. The minimum absolute atomic E-state index is 0.0496. The van der Waals surface area contributed by atoms with E-state index >= 15 is 0 Å². The van der Waals surface area contributed by atoms with E-state index in [2.05, 4.69) is 5.32 Å². The molecule has 1 amide bonds. The largest absolute Gasteiger partial charge is 0.379 e. The van der Waals surface area contributed by atoms with E-state index in [9.17, 15) is 18.5 Å². The summed E-state index contributed by atoms with van der Waals surface area (Å²) in [5.74, 6) is -0.405. The van der Waals surface area contributed by atoms with Crippen LogP contribution in [0.4, 0.5) is 5.69 Å². The molecule has 3 aromatic carbocycles. The molecule has 3 rings (SSSR count). The van der Waals surface area contributed by atoms with Gasteiger partial charge in [-0.1, -0.05) is 48.5 Å². The molecule has 0 unspecified atom stereocenters. The predicted molar refractivity (Wildman–Crippen MR) is 114 cm³/mol. The Balaban J connectivity index is 1.75. The van der Waals surface area contributed by atoms with E-state index in [1.165, 1.54) is 30.3 Å². The lowest BCUT2D eigenvalue weighted by molar-refractivity contribution is -0.112. The minimum Gasteiger partial charge on any atom is -0.379 e. The number of para-hydroxylation sites is 1. The smallest absolute Gasteiger partial charge is 0.339 e. The Morgan fingerprint density at radius 3 is 2.23 bits per heavy atom. The van der Waals surface area contributed by atoms with Crippen molar-refractivity contribution in [1.29, 1.82) is 5.26 Å². The molecule has 7 heteroatoms. The number of hydrogen-bond donors (Lipinski definition) is 1. The summed E-state index contributed by atoms with van der Waals surface area (Å²) in [4.78, 5) is 12.5. The summed E-state index contributed by atoms with van der Waals surface area (Å²) in [5, 5.41) is 12.1. The number of nitriles is 1. The van der Waals surface area contributed by atoms with Gasteiger partial charge >= 0.3 is 10.1 Å². The van der Waals surface area contributed by atoms with E-state index in [4.69, 9.17) is 4.18 Å². The third-order valence-electron chi connectivity index (χ3n) is 4.19. The average Bonchev–Trinajstić information content (AvgIpc) is 2.75. The Morgan fingerprint density at radius 1 is 0.967 bits per heavy atom. The summed E-state index contributed by atoms with van der Waals surface area (Å²) in [7, 11) is -3.94. The van der Waals surface area contributed by atoms with Crippen molar-refractivity contribution in [2.24, 2.45) is 0 Å². The summed E-state index contributed by atoms with van der Waals surface area (Å²) < 4.78 is 29.7. The monoisotopic (exact) mass is 418 g/mol. The highest BCUT2D eigenvalue weighted by Crippen LogP contribution is 2.20. The summed E-state index contributed by atoms with van der Waals surface area (Å²) in [6, 6.07) is 23.0. The maximum Gasteiger partial charge on any atom is 0.339 e. The molecule has 0 heterocycles. The van der Waals surface area contributed by atoms with Gasteiger partial charge in [-0.25, -0.2) is 0 Å². The van der Waals surface area contributed by atoms with E-state index < -0.39 is 16.0 Å². The molecule has 0 atom stereocenters. The van der Waals surface area contributed by atoms with Crippen LogP contribution in [0.25, 0.3) is 6.08 Å². The van der Waals surface area contributed by atoms with E-state index in [0.29, 0.717) is 11.3 Å². The van der Waals surface area contributed by atoms with Gasteiger partial charge in [0, 0.05) is 5.69 Å². The van der Waals surface area contributed by atoms with Crippen LogP contribution in [-0.4, -0.2) is 14.3 Å². The molecule has 0 aliphatic heterocycles. The van der Waals surface area contributed by atoms with Gasteiger partial charge in [-0.05, 0) is 54.5 Å². The fraction of sp³-hybridized carbons (Fsp3) is 0.0435. The third kappa shape index (κ3) is 5.13. The Kier molecular flexibility index (Phi) is 6.30. The van der Waals surface area contributed by atoms with Crippen molar-refractivity contribution in [2.45, 2.75) is 11.8 Å². The topological polar surface area (TPSA) is 96.3 Å². The number of carbonyl (C=O) groups is 1. The minimum atomic E-state index is -3.94. The average molecular weight is 418 g/mol. The number of aryl methyl sites for hydroxylation is 1. The van der Waals surface area contributed by atoms with E-state index in [1.54, 1.807) is 42.5 Å². The van der Waals surface area contributed by atoms with Gasteiger partial charge < -0.3 is 9.50 Å². The molecule has 0 aromatic heterocycles. The van der Waals surface area contributed by atoms with Crippen molar-refractivity contribution in [1.82, 2.24) is 0 Å². The molecule has 1 N–H and O–H groups in total. The van der Waals surface area contributed by atoms with Crippen LogP contribution in [0.5, 0.6) is 5.75 Å². The first-order valence-electron chi connectivity index (χ1n) is 8.97. The lowest BCUT2D eigenvalue weighted by Gasteiger charge is -2.08. The second-order valence-corrected chi connectivity index (χ2v) is 7.90. The molecule has 0 spiro atoms. The highest BCUT2D eigenvalue weighted by molar-refractivity contribution is 7.87. The molecular formula is C23H18N2O4S. The Hall–Kier alpha value is -3.89. The van der Waals surface area contributed by atoms with Crippen molar-refractivity contribution in [2.75, 3.05) is 5.32 Å². The molecule has 150 valence electrons. The highest BCUT2D eigenvalue weighted by Gasteiger charge is 2.16. The molecule has 30 heavy (non-hydrogen) atoms. The van der Waals surface area contributed by atoms with Crippen LogP contribution in [0.15, 0.2) is 89.3 Å². The molecule has 0 fully saturated rings. The van der Waals surface area contributed by atoms with Crippen molar-refractivity contribution in [3.63, 3.8) is 0 Å². The van der Waals surface area contributed by atoms with Crippen LogP contribution in [-0.2, 0) is 14.9 Å². The first-order chi connectivity index (χ1) is 14.4. The van der Waals surface area contributed by atoms with Crippen LogP contribution in [0.1, 0.15) is 11.1 Å². The molecule has 0 bridgehead atoms. The Bertz CT molecular complexity index is 1230. The van der Waals surface area contributed by atoms with E-state index in [0.717, 1.165) is 5.56 Å². The van der Waals surface area contributed by atoms with Gasteiger partial charge in [0.1, 0.15) is 22.3 Å². The van der Waals surface area contributed by atoms with Crippen LogP contribution in [0, 0.1) is 18.3 Å². The highest BCUT2D eigenvalue weighted by atomic mass is 32.2. The third-order valence-corrected chi connectivity index (χ3v) is 5.45. The standard InChI is InChI=1S/C23H18N2O4S/c1-17-7-5-6-10-22(17)25-23(26)19(16-24)15-18-11-13-20(14-12-18)29-30(27,28)21-8-3-2-4-9-21/h2-15H,1H3,(H,25,26)/b19-15+. The van der Waals surface area contributed by atoms with Gasteiger partial charge in [-0.15, -0.1) is 0 Å². The van der Waals surface area contributed by atoms with Crippen LogP contribution < -0.4 is 9.50 Å². The number of rotatable bonds is 6. The molecule has 3 aromatic rings. The van der Waals surface area contributed by atoms with Crippen LogP contribution >= 0.6 is 0 Å². The first-order valence-corrected chi connectivity index (χ1v) is 10.4. The lowest BCUT2D eigenvalue weighted by Crippen LogP contribution is -2.14. The Morgan fingerprint density at radius 2 is 1.60 bits per heavy atom. The second-order valence-electron chi connectivity index (χ2n) is 6.36.